The third-order valence-electron chi connectivity index (χ3n) is 4.04. The molecule has 2 aliphatic rings. The van der Waals surface area contributed by atoms with Crippen molar-refractivity contribution in [3.8, 4) is 0 Å². The van der Waals surface area contributed by atoms with Gasteiger partial charge in [-0.3, -0.25) is 4.79 Å². The van der Waals surface area contributed by atoms with E-state index >= 15 is 0 Å². The molecule has 0 aliphatic heterocycles. The number of carbonyl (C=O) groups is 1. The van der Waals surface area contributed by atoms with Gasteiger partial charge in [-0.1, -0.05) is 58.3 Å². The number of aliphatic carboxylic acids is 1. The van der Waals surface area contributed by atoms with Crippen LogP contribution >= 0.6 is 0 Å². The van der Waals surface area contributed by atoms with Gasteiger partial charge >= 0.3 is 27.7 Å². The van der Waals surface area contributed by atoms with Crippen molar-refractivity contribution in [2.45, 2.75) is 64.7 Å². The molecule has 0 spiro atoms. The molecule has 0 saturated carbocycles. The Kier molecular flexibility index (Phi) is 16.1. The summed E-state index contributed by atoms with van der Waals surface area (Å²) in [7, 11) is 1.50. The summed E-state index contributed by atoms with van der Waals surface area (Å²) in [4.78, 5) is 9.37. The molecule has 0 fully saturated rings. The summed E-state index contributed by atoms with van der Waals surface area (Å²) in [6.45, 7) is 1.60. The molecule has 129 valence electrons. The van der Waals surface area contributed by atoms with Crippen LogP contribution in [-0.4, -0.2) is 25.3 Å². The van der Waals surface area contributed by atoms with E-state index in [1.165, 1.54) is 51.4 Å². The van der Waals surface area contributed by atoms with Crippen LogP contribution in [0.3, 0.4) is 0 Å². The molecule has 0 bridgehead atoms. The normalized spacial score (nSPS) is 14.0. The Labute approximate surface area is 155 Å². The minimum atomic E-state index is -0.745. The predicted molar refractivity (Wildman–Crippen MR) is 85.1 cm³/mol. The number of hydrogen-bond donors (Lipinski definition) is 1. The fourth-order valence-corrected chi connectivity index (χ4v) is 3.08. The third kappa shape index (κ3) is 8.21. The molecule has 1 aromatic carbocycles. The Bertz CT molecular complexity index is 396. The molecule has 0 unspecified atom stereocenters. The van der Waals surface area contributed by atoms with Crippen LogP contribution in [0.5, 0.6) is 0 Å². The quantitative estimate of drug-likeness (QED) is 0.611. The molecule has 1 radical (unpaired) electrons. The molecule has 0 atom stereocenters. The zero-order valence-corrected chi connectivity index (χ0v) is 16.2. The van der Waals surface area contributed by atoms with Gasteiger partial charge in [0.25, 0.3) is 0 Å². The van der Waals surface area contributed by atoms with Crippen LogP contribution in [0.2, 0.25) is 0 Å². The smallest absolute Gasteiger partial charge is 0.857 e. The van der Waals surface area contributed by atoms with E-state index in [1.54, 1.807) is 29.2 Å². The van der Waals surface area contributed by atoms with Gasteiger partial charge in [0.15, 0.2) is 0 Å². The molecule has 4 nitrogen and oxygen atoms in total. The molecule has 0 amide bonds. The van der Waals surface area contributed by atoms with Crippen molar-refractivity contribution >= 4 is 5.97 Å². The third-order valence-corrected chi connectivity index (χ3v) is 4.04. The minimum absolute atomic E-state index is 0. The second-order valence-corrected chi connectivity index (χ2v) is 5.31. The minimum Gasteiger partial charge on any atom is -0.857 e. The van der Waals surface area contributed by atoms with Crippen LogP contribution in [0, 0.1) is 0 Å². The van der Waals surface area contributed by atoms with E-state index in [0.717, 1.165) is 14.2 Å². The molecule has 0 saturated heterocycles. The average molecular weight is 357 g/mol. The Morgan fingerprint density at radius 2 is 1.22 bits per heavy atom. The number of carboxylic acid groups (broad SMARTS) is 1. The molecule has 1 N–H and O–H groups in total. The number of aryl methyl sites for hydroxylation is 2. The van der Waals surface area contributed by atoms with Gasteiger partial charge < -0.3 is 15.3 Å². The van der Waals surface area contributed by atoms with Gasteiger partial charge in [-0.25, -0.2) is 0 Å². The number of hydrogen-bond acceptors (Lipinski definition) is 3. The Hall–Kier alpha value is -0.546. The van der Waals surface area contributed by atoms with Crippen LogP contribution in [0.4, 0.5) is 0 Å². The summed E-state index contributed by atoms with van der Waals surface area (Å²) in [5.41, 5.74) is 6.94. The zero-order chi connectivity index (χ0) is 17.0. The monoisotopic (exact) mass is 357 g/mol. The van der Waals surface area contributed by atoms with E-state index in [4.69, 9.17) is 15.3 Å². The molecule has 0 heterocycles. The van der Waals surface area contributed by atoms with Gasteiger partial charge in [-0.2, -0.15) is 42.5 Å². The van der Waals surface area contributed by atoms with Crippen LogP contribution in [-0.2, 0) is 52.2 Å². The fraction of sp³-hybridized carbons (Fsp3) is 0.667. The van der Waals surface area contributed by atoms with Crippen LogP contribution in [0.1, 0.15) is 61.3 Å². The first-order chi connectivity index (χ1) is 10.7. The predicted octanol–water partition coefficient (Wildman–Crippen LogP) is 1.59. The molecular formula is C18H29O4Ti. The molecule has 2 aliphatic carbocycles. The number of fused-ring (bicyclic) bond motifs is 3. The first kappa shape index (κ1) is 24.7. The summed E-state index contributed by atoms with van der Waals surface area (Å²) in [6, 6.07) is 2.52. The van der Waals surface area contributed by atoms with Crippen molar-refractivity contribution in [3.05, 3.63) is 28.3 Å². The average Bonchev–Trinajstić information content (AvgIpc) is 2.97. The zero-order valence-electron chi connectivity index (χ0n) is 14.6. The van der Waals surface area contributed by atoms with Crippen molar-refractivity contribution < 1.29 is 41.8 Å². The summed E-state index contributed by atoms with van der Waals surface area (Å²) in [5, 5.41) is 24.2. The van der Waals surface area contributed by atoms with E-state index in [2.05, 4.69) is 6.07 Å². The van der Waals surface area contributed by atoms with Crippen molar-refractivity contribution in [1.82, 2.24) is 0 Å². The summed E-state index contributed by atoms with van der Waals surface area (Å²) in [5.74, 6) is -0.745. The molecule has 5 heteroatoms. The van der Waals surface area contributed by atoms with Gasteiger partial charge in [0, 0.05) is 6.42 Å². The maximum absolute atomic E-state index is 9.37. The molecular weight excluding hydrogens is 328 g/mol. The van der Waals surface area contributed by atoms with Crippen LogP contribution < -0.4 is 10.2 Å². The molecule has 23 heavy (non-hydrogen) atoms. The van der Waals surface area contributed by atoms with Gasteiger partial charge in [-0.05, 0) is 0 Å². The summed E-state index contributed by atoms with van der Waals surface area (Å²) in [6.07, 6.45) is 11.4. The van der Waals surface area contributed by atoms with E-state index in [9.17, 15) is 4.79 Å². The Balaban J connectivity index is 0. The van der Waals surface area contributed by atoms with Crippen LogP contribution in [0.25, 0.3) is 0 Å². The van der Waals surface area contributed by atoms with Gasteiger partial charge in [-0.15, -0.1) is 0 Å². The second kappa shape index (κ2) is 15.0. The molecule has 0 aromatic heterocycles. The van der Waals surface area contributed by atoms with Gasteiger partial charge in [0.2, 0.25) is 0 Å². The van der Waals surface area contributed by atoms with Gasteiger partial charge in [0.05, 0.1) is 0 Å². The van der Waals surface area contributed by atoms with Crippen molar-refractivity contribution in [3.63, 3.8) is 0 Å². The first-order valence-electron chi connectivity index (χ1n) is 8.05. The van der Waals surface area contributed by atoms with Gasteiger partial charge in [0.1, 0.15) is 0 Å². The van der Waals surface area contributed by atoms with Crippen molar-refractivity contribution in [1.29, 1.82) is 0 Å². The van der Waals surface area contributed by atoms with Crippen LogP contribution in [0.15, 0.2) is 6.07 Å². The summed E-state index contributed by atoms with van der Waals surface area (Å²) < 4.78 is 0. The Morgan fingerprint density at radius 1 is 0.913 bits per heavy atom. The fourth-order valence-electron chi connectivity index (χ4n) is 3.08. The van der Waals surface area contributed by atoms with E-state index in [-0.39, 0.29) is 28.1 Å². The SMILES string of the molecule is CCC(=O)O.C[O-].C[O-].[Ti+3].[cH-]1c2c(c3c1CCCC3)CCCC2. The second-order valence-electron chi connectivity index (χ2n) is 5.31. The van der Waals surface area contributed by atoms with Crippen molar-refractivity contribution in [2.75, 3.05) is 14.2 Å². The largest absolute Gasteiger partial charge is 3.00 e. The molecule has 3 rings (SSSR count). The van der Waals surface area contributed by atoms with E-state index < -0.39 is 5.97 Å². The summed E-state index contributed by atoms with van der Waals surface area (Å²) >= 11 is 0. The van der Waals surface area contributed by atoms with E-state index in [1.807, 2.05) is 0 Å². The first-order valence-corrected chi connectivity index (χ1v) is 8.05. The standard InChI is InChI=1S/C13H17.C3H6O2.2CH3O.Ti/c1-3-7-12-10(5-1)9-11-6-2-4-8-13(11)12;1-2-3(4)5;2*1-2;/h9H,1-8H2;2H2,1H3,(H,4,5);2*1H3;/q-1;;2*-1;+3. The maximum atomic E-state index is 9.37. The molecule has 1 aromatic rings. The van der Waals surface area contributed by atoms with E-state index in [0.29, 0.717) is 0 Å². The Morgan fingerprint density at radius 3 is 1.52 bits per heavy atom. The number of carboxylic acids is 1. The topological polar surface area (TPSA) is 83.4 Å². The van der Waals surface area contributed by atoms with Crippen molar-refractivity contribution in [2.24, 2.45) is 0 Å². The number of rotatable bonds is 1. The maximum Gasteiger partial charge on any atom is 3.00 e.